The fourth-order valence-corrected chi connectivity index (χ4v) is 2.93. The zero-order chi connectivity index (χ0) is 12.8. The summed E-state index contributed by atoms with van der Waals surface area (Å²) in [6.45, 7) is 1.67. The number of aryl methyl sites for hydroxylation is 1. The molecule has 0 amide bonds. The molecular formula is C14H25N3O. The molecule has 1 heterocycles. The van der Waals surface area contributed by atoms with Crippen LogP contribution in [0.15, 0.2) is 12.3 Å². The Morgan fingerprint density at radius 3 is 3.00 bits per heavy atom. The highest BCUT2D eigenvalue weighted by atomic mass is 16.5. The van der Waals surface area contributed by atoms with Gasteiger partial charge in [0.2, 0.25) is 0 Å². The molecule has 1 aromatic heterocycles. The SMILES string of the molecule is COCCCn1nccc1C(N)CC1CCCC1. The lowest BCUT2D eigenvalue weighted by atomic mass is 9.97. The fraction of sp³-hybridized carbons (Fsp3) is 0.786. The number of hydrogen-bond donors (Lipinski definition) is 1. The van der Waals surface area contributed by atoms with Crippen molar-refractivity contribution in [3.8, 4) is 0 Å². The molecule has 2 N–H and O–H groups in total. The normalized spacial score (nSPS) is 18.3. The minimum atomic E-state index is 0.137. The summed E-state index contributed by atoms with van der Waals surface area (Å²) in [4.78, 5) is 0. The van der Waals surface area contributed by atoms with E-state index in [1.54, 1.807) is 7.11 Å². The molecule has 0 radical (unpaired) electrons. The second-order valence-corrected chi connectivity index (χ2v) is 5.32. The quantitative estimate of drug-likeness (QED) is 0.758. The van der Waals surface area contributed by atoms with Gasteiger partial charge in [-0.3, -0.25) is 4.68 Å². The number of rotatable bonds is 7. The van der Waals surface area contributed by atoms with Crippen molar-refractivity contribution in [2.75, 3.05) is 13.7 Å². The van der Waals surface area contributed by atoms with Crippen LogP contribution in [0.1, 0.15) is 50.3 Å². The van der Waals surface area contributed by atoms with Crippen LogP contribution in [0, 0.1) is 5.92 Å². The van der Waals surface area contributed by atoms with Crippen LogP contribution in [0.5, 0.6) is 0 Å². The van der Waals surface area contributed by atoms with Crippen LogP contribution >= 0.6 is 0 Å². The van der Waals surface area contributed by atoms with Crippen molar-refractivity contribution in [1.82, 2.24) is 9.78 Å². The lowest BCUT2D eigenvalue weighted by molar-refractivity contribution is 0.188. The Hall–Kier alpha value is -0.870. The van der Waals surface area contributed by atoms with Crippen molar-refractivity contribution in [1.29, 1.82) is 0 Å². The molecule has 102 valence electrons. The monoisotopic (exact) mass is 251 g/mol. The van der Waals surface area contributed by atoms with E-state index in [2.05, 4.69) is 11.2 Å². The van der Waals surface area contributed by atoms with Crippen LogP contribution < -0.4 is 5.73 Å². The Balaban J connectivity index is 1.88. The molecule has 0 bridgehead atoms. The maximum Gasteiger partial charge on any atom is 0.0551 e. The molecule has 1 aliphatic carbocycles. The summed E-state index contributed by atoms with van der Waals surface area (Å²) in [5, 5.41) is 4.36. The topological polar surface area (TPSA) is 53.1 Å². The highest BCUT2D eigenvalue weighted by Gasteiger charge is 2.20. The highest BCUT2D eigenvalue weighted by Crippen LogP contribution is 2.31. The van der Waals surface area contributed by atoms with Gasteiger partial charge < -0.3 is 10.5 Å². The summed E-state index contributed by atoms with van der Waals surface area (Å²) in [7, 11) is 1.73. The van der Waals surface area contributed by atoms with Gasteiger partial charge in [0.1, 0.15) is 0 Å². The first kappa shape index (κ1) is 13.6. The fourth-order valence-electron chi connectivity index (χ4n) is 2.93. The van der Waals surface area contributed by atoms with Gasteiger partial charge in [0.15, 0.2) is 0 Å². The van der Waals surface area contributed by atoms with Crippen molar-refractivity contribution in [3.05, 3.63) is 18.0 Å². The van der Waals surface area contributed by atoms with Crippen molar-refractivity contribution in [2.45, 2.75) is 51.1 Å². The predicted octanol–water partition coefficient (Wildman–Crippen LogP) is 2.50. The molecule has 0 saturated heterocycles. The van der Waals surface area contributed by atoms with E-state index in [1.807, 2.05) is 10.9 Å². The molecule has 1 aromatic rings. The maximum absolute atomic E-state index is 6.33. The van der Waals surface area contributed by atoms with Gasteiger partial charge in [-0.2, -0.15) is 5.10 Å². The number of nitrogens with two attached hydrogens (primary N) is 1. The zero-order valence-electron chi connectivity index (χ0n) is 11.3. The first-order valence-corrected chi connectivity index (χ1v) is 7.07. The van der Waals surface area contributed by atoms with E-state index in [4.69, 9.17) is 10.5 Å². The zero-order valence-corrected chi connectivity index (χ0v) is 11.3. The molecule has 1 atom stereocenters. The molecule has 1 saturated carbocycles. The van der Waals surface area contributed by atoms with Gasteiger partial charge in [-0.1, -0.05) is 25.7 Å². The van der Waals surface area contributed by atoms with Gasteiger partial charge in [-0.25, -0.2) is 0 Å². The molecule has 0 aromatic carbocycles. The summed E-state index contributed by atoms with van der Waals surface area (Å²) < 4.78 is 7.12. The average molecular weight is 251 g/mol. The van der Waals surface area contributed by atoms with E-state index in [1.165, 1.54) is 31.4 Å². The summed E-state index contributed by atoms with van der Waals surface area (Å²) in [6, 6.07) is 2.20. The molecule has 0 spiro atoms. The number of ether oxygens (including phenoxy) is 1. The second kappa shape index (κ2) is 6.90. The molecular weight excluding hydrogens is 226 g/mol. The average Bonchev–Trinajstić information content (AvgIpc) is 3.00. The molecule has 1 aliphatic rings. The first-order valence-electron chi connectivity index (χ1n) is 7.07. The summed E-state index contributed by atoms with van der Waals surface area (Å²) in [5.74, 6) is 0.822. The lowest BCUT2D eigenvalue weighted by Crippen LogP contribution is -2.19. The van der Waals surface area contributed by atoms with Crippen LogP contribution in [-0.2, 0) is 11.3 Å². The van der Waals surface area contributed by atoms with Crippen LogP contribution in [-0.4, -0.2) is 23.5 Å². The third-order valence-electron chi connectivity index (χ3n) is 3.91. The second-order valence-electron chi connectivity index (χ2n) is 5.32. The summed E-state index contributed by atoms with van der Waals surface area (Å²) >= 11 is 0. The van der Waals surface area contributed by atoms with E-state index in [0.29, 0.717) is 0 Å². The van der Waals surface area contributed by atoms with E-state index < -0.39 is 0 Å². The molecule has 4 nitrogen and oxygen atoms in total. The number of aromatic nitrogens is 2. The highest BCUT2D eigenvalue weighted by molar-refractivity contribution is 5.06. The van der Waals surface area contributed by atoms with Crippen LogP contribution in [0.2, 0.25) is 0 Å². The molecule has 1 unspecified atom stereocenters. The minimum absolute atomic E-state index is 0.137. The molecule has 4 heteroatoms. The van der Waals surface area contributed by atoms with E-state index >= 15 is 0 Å². The first-order chi connectivity index (χ1) is 8.81. The minimum Gasteiger partial charge on any atom is -0.385 e. The lowest BCUT2D eigenvalue weighted by Gasteiger charge is -2.17. The van der Waals surface area contributed by atoms with Crippen LogP contribution in [0.25, 0.3) is 0 Å². The number of hydrogen-bond acceptors (Lipinski definition) is 3. The van der Waals surface area contributed by atoms with Crippen LogP contribution in [0.3, 0.4) is 0 Å². The third-order valence-corrected chi connectivity index (χ3v) is 3.91. The Labute approximate surface area is 110 Å². The Bertz CT molecular complexity index is 345. The summed E-state index contributed by atoms with van der Waals surface area (Å²) in [5.41, 5.74) is 7.51. The maximum atomic E-state index is 6.33. The third kappa shape index (κ3) is 3.56. The molecule has 1 fully saturated rings. The van der Waals surface area contributed by atoms with Crippen molar-refractivity contribution in [2.24, 2.45) is 11.7 Å². The van der Waals surface area contributed by atoms with Gasteiger partial charge in [0.25, 0.3) is 0 Å². The van der Waals surface area contributed by atoms with Gasteiger partial charge >= 0.3 is 0 Å². The van der Waals surface area contributed by atoms with Crippen molar-refractivity contribution < 1.29 is 4.74 Å². The Kier molecular flexibility index (Phi) is 5.20. The van der Waals surface area contributed by atoms with E-state index in [9.17, 15) is 0 Å². The Morgan fingerprint density at radius 1 is 1.50 bits per heavy atom. The van der Waals surface area contributed by atoms with Crippen molar-refractivity contribution in [3.63, 3.8) is 0 Å². The standard InChI is InChI=1S/C14H25N3O/c1-18-10-4-9-17-14(7-8-16-17)13(15)11-12-5-2-3-6-12/h7-8,12-13H,2-6,9-11,15H2,1H3. The van der Waals surface area contributed by atoms with Crippen LogP contribution in [0.4, 0.5) is 0 Å². The van der Waals surface area contributed by atoms with Gasteiger partial charge in [0.05, 0.1) is 5.69 Å². The van der Waals surface area contributed by atoms with Gasteiger partial charge in [0, 0.05) is 32.5 Å². The molecule has 0 aliphatic heterocycles. The summed E-state index contributed by atoms with van der Waals surface area (Å²) in [6.07, 6.45) is 9.42. The molecule has 2 rings (SSSR count). The molecule has 18 heavy (non-hydrogen) atoms. The number of methoxy groups -OCH3 is 1. The smallest absolute Gasteiger partial charge is 0.0551 e. The number of nitrogens with zero attached hydrogens (tertiary/aromatic N) is 2. The van der Waals surface area contributed by atoms with E-state index in [-0.39, 0.29) is 6.04 Å². The van der Waals surface area contributed by atoms with Crippen molar-refractivity contribution >= 4 is 0 Å². The van der Waals surface area contributed by atoms with Gasteiger partial charge in [-0.15, -0.1) is 0 Å². The van der Waals surface area contributed by atoms with E-state index in [0.717, 1.165) is 31.9 Å². The Morgan fingerprint density at radius 2 is 2.28 bits per heavy atom. The largest absolute Gasteiger partial charge is 0.385 e. The van der Waals surface area contributed by atoms with Gasteiger partial charge in [-0.05, 0) is 24.8 Å². The predicted molar refractivity (Wildman–Crippen MR) is 72.2 cm³/mol.